The van der Waals surface area contributed by atoms with Gasteiger partial charge in [0.1, 0.15) is 0 Å². The maximum atomic E-state index is 13.4. The minimum absolute atomic E-state index is 0.635. The van der Waals surface area contributed by atoms with E-state index >= 15 is 0 Å². The Kier molecular flexibility index (Phi) is 8.24. The SMILES string of the molecule is O=C(CCOCCC(=O)Oc1c(F)c(F)c(F)c(F)c1F)Oc1c(F)c(F)c(F)c(F)c1F. The Morgan fingerprint density at radius 2 is 0.697 bits per heavy atom. The highest BCUT2D eigenvalue weighted by Gasteiger charge is 2.29. The van der Waals surface area contributed by atoms with Crippen molar-refractivity contribution in [2.45, 2.75) is 12.8 Å². The molecule has 0 aliphatic carbocycles. The maximum Gasteiger partial charge on any atom is 0.313 e. The normalized spacial score (nSPS) is 11.0. The fourth-order valence-electron chi connectivity index (χ4n) is 2.09. The van der Waals surface area contributed by atoms with E-state index in [1.807, 2.05) is 0 Å². The summed E-state index contributed by atoms with van der Waals surface area (Å²) < 4.78 is 144. The van der Waals surface area contributed by atoms with E-state index in [-0.39, 0.29) is 0 Å². The Morgan fingerprint density at radius 1 is 0.455 bits per heavy atom. The van der Waals surface area contributed by atoms with Crippen molar-refractivity contribution in [1.29, 1.82) is 0 Å². The van der Waals surface area contributed by atoms with Gasteiger partial charge in [0.05, 0.1) is 26.1 Å². The second-order valence-electron chi connectivity index (χ2n) is 5.86. The van der Waals surface area contributed by atoms with E-state index in [2.05, 4.69) is 9.47 Å². The molecule has 0 bridgehead atoms. The molecule has 33 heavy (non-hydrogen) atoms. The first kappa shape index (κ1) is 25.9. The van der Waals surface area contributed by atoms with Crippen LogP contribution in [0.15, 0.2) is 0 Å². The van der Waals surface area contributed by atoms with Crippen molar-refractivity contribution in [2.24, 2.45) is 0 Å². The van der Waals surface area contributed by atoms with E-state index < -0.39 is 108 Å². The van der Waals surface area contributed by atoms with Gasteiger partial charge < -0.3 is 14.2 Å². The van der Waals surface area contributed by atoms with Crippen LogP contribution in [0, 0.1) is 58.2 Å². The van der Waals surface area contributed by atoms with Gasteiger partial charge in [0.25, 0.3) is 0 Å². The van der Waals surface area contributed by atoms with Crippen molar-refractivity contribution in [2.75, 3.05) is 13.2 Å². The van der Waals surface area contributed by atoms with Crippen LogP contribution in [0.4, 0.5) is 43.9 Å². The van der Waals surface area contributed by atoms with Crippen LogP contribution in [-0.4, -0.2) is 25.2 Å². The van der Waals surface area contributed by atoms with Gasteiger partial charge in [-0.05, 0) is 0 Å². The third kappa shape index (κ3) is 5.53. The van der Waals surface area contributed by atoms with Crippen LogP contribution < -0.4 is 9.47 Å². The molecule has 0 amide bonds. The van der Waals surface area contributed by atoms with Gasteiger partial charge in [-0.2, -0.15) is 17.6 Å². The van der Waals surface area contributed by atoms with Crippen molar-refractivity contribution in [3.8, 4) is 11.5 Å². The topological polar surface area (TPSA) is 61.8 Å². The summed E-state index contributed by atoms with van der Waals surface area (Å²) in [6, 6.07) is 0. The standard InChI is InChI=1S/C18H8F10O5/c19-7-9(21)13(25)17(14(26)10(7)22)32-5(29)1-3-31-4-2-6(30)33-18-15(27)11(23)8(20)12(24)16(18)28/h1-4H2. The summed E-state index contributed by atoms with van der Waals surface area (Å²) >= 11 is 0. The lowest BCUT2D eigenvalue weighted by atomic mass is 10.2. The quantitative estimate of drug-likeness (QED) is 0.136. The summed E-state index contributed by atoms with van der Waals surface area (Å²) in [7, 11) is 0. The van der Waals surface area contributed by atoms with Gasteiger partial charge in [0.15, 0.2) is 0 Å². The smallest absolute Gasteiger partial charge is 0.313 e. The zero-order valence-electron chi connectivity index (χ0n) is 15.6. The highest BCUT2D eigenvalue weighted by atomic mass is 19.2. The van der Waals surface area contributed by atoms with Crippen molar-refractivity contribution >= 4 is 11.9 Å². The maximum absolute atomic E-state index is 13.4. The number of hydrogen-bond acceptors (Lipinski definition) is 5. The first-order valence-corrected chi connectivity index (χ1v) is 8.40. The van der Waals surface area contributed by atoms with E-state index in [9.17, 15) is 53.5 Å². The molecular weight excluding hydrogens is 486 g/mol. The number of benzene rings is 2. The number of hydrogen-bond donors (Lipinski definition) is 0. The number of halogens is 10. The monoisotopic (exact) mass is 494 g/mol. The molecule has 0 atom stereocenters. The fraction of sp³-hybridized carbons (Fsp3) is 0.222. The molecule has 0 aromatic heterocycles. The minimum atomic E-state index is -2.47. The lowest BCUT2D eigenvalue weighted by Gasteiger charge is -2.10. The van der Waals surface area contributed by atoms with Gasteiger partial charge in [-0.15, -0.1) is 0 Å². The summed E-state index contributed by atoms with van der Waals surface area (Å²) in [5.41, 5.74) is 0. The van der Waals surface area contributed by atoms with E-state index in [1.165, 1.54) is 0 Å². The number of rotatable bonds is 8. The van der Waals surface area contributed by atoms with Crippen LogP contribution in [0.5, 0.6) is 11.5 Å². The summed E-state index contributed by atoms with van der Waals surface area (Å²) in [5.74, 6) is -30.6. The van der Waals surface area contributed by atoms with Gasteiger partial charge in [0, 0.05) is 0 Å². The van der Waals surface area contributed by atoms with Crippen molar-refractivity contribution in [1.82, 2.24) is 0 Å². The zero-order chi connectivity index (χ0) is 25.0. The van der Waals surface area contributed by atoms with Crippen LogP contribution in [0.3, 0.4) is 0 Å². The zero-order valence-corrected chi connectivity index (χ0v) is 15.6. The molecule has 0 aliphatic heterocycles. The highest BCUT2D eigenvalue weighted by molar-refractivity contribution is 5.73. The number of carbonyl (C=O) groups excluding carboxylic acids is 2. The molecule has 15 heteroatoms. The molecule has 5 nitrogen and oxygen atoms in total. The lowest BCUT2D eigenvalue weighted by molar-refractivity contribution is -0.136. The van der Waals surface area contributed by atoms with Gasteiger partial charge >= 0.3 is 11.9 Å². The Labute approximate surface area is 176 Å². The fourth-order valence-corrected chi connectivity index (χ4v) is 2.09. The molecule has 0 fully saturated rings. The van der Waals surface area contributed by atoms with E-state index in [0.29, 0.717) is 0 Å². The van der Waals surface area contributed by atoms with E-state index in [4.69, 9.17) is 4.74 Å². The summed E-state index contributed by atoms with van der Waals surface area (Å²) in [5, 5.41) is 0. The van der Waals surface area contributed by atoms with E-state index in [0.717, 1.165) is 0 Å². The Bertz CT molecular complexity index is 961. The molecule has 0 N–H and O–H groups in total. The summed E-state index contributed by atoms with van der Waals surface area (Å²) in [6.07, 6.45) is -1.63. The van der Waals surface area contributed by atoms with Crippen molar-refractivity contribution < 1.29 is 67.7 Å². The van der Waals surface area contributed by atoms with Crippen LogP contribution in [0.25, 0.3) is 0 Å². The Hall–Kier alpha value is -3.36. The molecule has 0 spiro atoms. The summed E-state index contributed by atoms with van der Waals surface area (Å²) in [4.78, 5) is 23.0. The van der Waals surface area contributed by atoms with Crippen LogP contribution in [0.2, 0.25) is 0 Å². The van der Waals surface area contributed by atoms with Crippen molar-refractivity contribution in [3.63, 3.8) is 0 Å². The largest absolute Gasteiger partial charge is 0.420 e. The Morgan fingerprint density at radius 3 is 0.970 bits per heavy atom. The van der Waals surface area contributed by atoms with Gasteiger partial charge in [0.2, 0.25) is 69.7 Å². The molecule has 2 aromatic carbocycles. The van der Waals surface area contributed by atoms with Crippen LogP contribution in [0.1, 0.15) is 12.8 Å². The average Bonchev–Trinajstić information content (AvgIpc) is 2.79. The molecule has 0 aliphatic rings. The van der Waals surface area contributed by atoms with Crippen LogP contribution in [-0.2, 0) is 14.3 Å². The Balaban J connectivity index is 1.84. The molecule has 0 radical (unpaired) electrons. The third-order valence-corrected chi connectivity index (χ3v) is 3.67. The molecule has 180 valence electrons. The van der Waals surface area contributed by atoms with Gasteiger partial charge in [-0.3, -0.25) is 9.59 Å². The molecular formula is C18H8F10O5. The van der Waals surface area contributed by atoms with Gasteiger partial charge in [-0.25, -0.2) is 26.3 Å². The third-order valence-electron chi connectivity index (χ3n) is 3.67. The van der Waals surface area contributed by atoms with E-state index in [1.54, 1.807) is 0 Å². The first-order valence-electron chi connectivity index (χ1n) is 8.40. The number of carbonyl (C=O) groups is 2. The molecule has 2 rings (SSSR count). The average molecular weight is 494 g/mol. The highest BCUT2D eigenvalue weighted by Crippen LogP contribution is 2.30. The molecule has 0 saturated heterocycles. The summed E-state index contributed by atoms with van der Waals surface area (Å²) in [6.45, 7) is -1.27. The second-order valence-corrected chi connectivity index (χ2v) is 5.86. The predicted molar refractivity (Wildman–Crippen MR) is 83.8 cm³/mol. The van der Waals surface area contributed by atoms with Gasteiger partial charge in [-0.1, -0.05) is 0 Å². The molecule has 0 heterocycles. The van der Waals surface area contributed by atoms with Crippen molar-refractivity contribution in [3.05, 3.63) is 58.2 Å². The first-order chi connectivity index (χ1) is 15.4. The molecule has 2 aromatic rings. The minimum Gasteiger partial charge on any atom is -0.420 e. The predicted octanol–water partition coefficient (Wildman–Crippen LogP) is 4.39. The van der Waals surface area contributed by atoms with Crippen LogP contribution >= 0.6 is 0 Å². The lowest BCUT2D eigenvalue weighted by Crippen LogP contribution is -2.17. The number of ether oxygens (including phenoxy) is 3. The molecule has 0 saturated carbocycles. The number of esters is 2. The molecule has 0 unspecified atom stereocenters. The second kappa shape index (κ2) is 10.5.